The van der Waals surface area contributed by atoms with E-state index in [9.17, 15) is 23.2 Å². The van der Waals surface area contributed by atoms with Gasteiger partial charge in [0.15, 0.2) is 11.5 Å². The molecule has 2 atom stereocenters. The molecule has 8 nitrogen and oxygen atoms in total. The third-order valence-electron chi connectivity index (χ3n) is 6.06. The van der Waals surface area contributed by atoms with E-state index in [1.54, 1.807) is 6.92 Å². The smallest absolute Gasteiger partial charge is 0.257 e. The van der Waals surface area contributed by atoms with Crippen molar-refractivity contribution in [1.29, 1.82) is 0 Å². The monoisotopic (exact) mass is 464 g/mol. The van der Waals surface area contributed by atoms with E-state index in [-0.39, 0.29) is 41.4 Å². The lowest BCUT2D eigenvalue weighted by molar-refractivity contribution is -0.0262. The molecule has 0 saturated heterocycles. The quantitative estimate of drug-likeness (QED) is 0.644. The number of rotatable bonds is 8. The minimum absolute atomic E-state index is 0.0514. The van der Waals surface area contributed by atoms with Crippen molar-refractivity contribution in [3.8, 4) is 5.75 Å². The first-order valence-corrected chi connectivity index (χ1v) is 10.3. The summed E-state index contributed by atoms with van der Waals surface area (Å²) in [6, 6.07) is 2.97. The average molecular weight is 464 g/mol. The molecule has 0 fully saturated rings. The highest BCUT2D eigenvalue weighted by Gasteiger charge is 2.48. The third-order valence-corrected chi connectivity index (χ3v) is 6.06. The van der Waals surface area contributed by atoms with Crippen LogP contribution in [0.2, 0.25) is 0 Å². The molecular weight excluding hydrogens is 438 g/mol. The largest absolute Gasteiger partial charge is 0.491 e. The molecule has 3 rings (SSSR count). The molecule has 2 heterocycles. The molecule has 0 saturated carbocycles. The highest BCUT2D eigenvalue weighted by molar-refractivity contribution is 6.03. The maximum atomic E-state index is 13.9. The molecule has 2 aromatic rings. The van der Waals surface area contributed by atoms with Gasteiger partial charge in [-0.25, -0.2) is 8.78 Å². The summed E-state index contributed by atoms with van der Waals surface area (Å²) in [5, 5.41) is 2.45. The topological polar surface area (TPSA) is 95.9 Å². The molecule has 0 bridgehead atoms. The van der Waals surface area contributed by atoms with Crippen LogP contribution in [0, 0.1) is 17.0 Å². The highest BCUT2D eigenvalue weighted by Crippen LogP contribution is 2.39. The lowest BCUT2D eigenvalue weighted by Crippen LogP contribution is -2.50. The predicted octanol–water partition coefficient (Wildman–Crippen LogP) is 2.32. The molecule has 33 heavy (non-hydrogen) atoms. The average Bonchev–Trinajstić information content (AvgIpc) is 2.79. The number of carbonyl (C=O) groups excluding carboxylic acids is 2. The molecule has 0 unspecified atom stereocenters. The first kappa shape index (κ1) is 24.5. The number of ether oxygens (including phenoxy) is 3. The van der Waals surface area contributed by atoms with Gasteiger partial charge in [0.25, 0.3) is 5.91 Å². The summed E-state index contributed by atoms with van der Waals surface area (Å²) in [5.41, 5.74) is -1.90. The fourth-order valence-corrected chi connectivity index (χ4v) is 4.02. The fraction of sp³-hybridized carbons (Fsp3) is 0.435. The molecule has 1 amide bonds. The number of methoxy groups -OCH3 is 3. The molecule has 0 spiro atoms. The second-order valence-corrected chi connectivity index (χ2v) is 8.04. The Morgan fingerprint density at radius 3 is 2.58 bits per heavy atom. The summed E-state index contributed by atoms with van der Waals surface area (Å²) in [6.07, 6.45) is 1.10. The van der Waals surface area contributed by atoms with Crippen LogP contribution < -0.4 is 15.5 Å². The molecule has 178 valence electrons. The predicted molar refractivity (Wildman–Crippen MR) is 115 cm³/mol. The van der Waals surface area contributed by atoms with Crippen LogP contribution >= 0.6 is 0 Å². The lowest BCUT2D eigenvalue weighted by Gasteiger charge is -2.41. The van der Waals surface area contributed by atoms with Gasteiger partial charge in [-0.05, 0) is 19.4 Å². The Morgan fingerprint density at radius 2 is 1.97 bits per heavy atom. The van der Waals surface area contributed by atoms with E-state index in [1.165, 1.54) is 38.2 Å². The molecule has 1 aromatic heterocycles. The van der Waals surface area contributed by atoms with Crippen LogP contribution in [0.1, 0.15) is 39.8 Å². The molecular formula is C23H26F2N2O6. The molecule has 0 aliphatic carbocycles. The SMILES string of the molecule is COCC[C@]1(C)C(=O)c2c(OC)c(=O)c(C(=O)NCc3ccc(F)cc3F)cn2C[C@@H]1OC. The van der Waals surface area contributed by atoms with Gasteiger partial charge in [-0.1, -0.05) is 6.07 Å². The highest BCUT2D eigenvalue weighted by atomic mass is 19.1. The Bertz CT molecular complexity index is 1130. The summed E-state index contributed by atoms with van der Waals surface area (Å²) >= 11 is 0. The Hall–Kier alpha value is -3.11. The minimum atomic E-state index is -0.964. The second-order valence-electron chi connectivity index (χ2n) is 8.04. The number of aromatic nitrogens is 1. The van der Waals surface area contributed by atoms with Crippen LogP contribution in [0.3, 0.4) is 0 Å². The lowest BCUT2D eigenvalue weighted by atomic mass is 9.73. The number of benzene rings is 1. The normalized spacial score (nSPS) is 19.8. The van der Waals surface area contributed by atoms with Gasteiger partial charge in [0.05, 0.1) is 25.2 Å². The van der Waals surface area contributed by atoms with Crippen LogP contribution in [0.15, 0.2) is 29.2 Å². The van der Waals surface area contributed by atoms with E-state index in [2.05, 4.69) is 5.32 Å². The molecule has 1 aliphatic rings. The minimum Gasteiger partial charge on any atom is -0.491 e. The summed E-state index contributed by atoms with van der Waals surface area (Å²) < 4.78 is 44.4. The number of amides is 1. The van der Waals surface area contributed by atoms with Crippen molar-refractivity contribution < 1.29 is 32.6 Å². The van der Waals surface area contributed by atoms with Crippen LogP contribution in [0.5, 0.6) is 5.75 Å². The van der Waals surface area contributed by atoms with Crippen molar-refractivity contribution in [1.82, 2.24) is 9.88 Å². The number of nitrogens with one attached hydrogen (secondary N) is 1. The van der Waals surface area contributed by atoms with Crippen molar-refractivity contribution in [2.75, 3.05) is 27.9 Å². The van der Waals surface area contributed by atoms with E-state index in [4.69, 9.17) is 14.2 Å². The molecule has 10 heteroatoms. The van der Waals surface area contributed by atoms with Gasteiger partial charge >= 0.3 is 0 Å². The summed E-state index contributed by atoms with van der Waals surface area (Å²) in [7, 11) is 4.26. The van der Waals surface area contributed by atoms with Crippen LogP contribution in [0.4, 0.5) is 8.78 Å². The Labute approximate surface area is 189 Å². The van der Waals surface area contributed by atoms with Gasteiger partial charge in [0.1, 0.15) is 22.9 Å². The third kappa shape index (κ3) is 4.53. The summed E-state index contributed by atoms with van der Waals surface area (Å²) in [4.78, 5) is 39.2. The Kier molecular flexibility index (Phi) is 7.28. The van der Waals surface area contributed by atoms with Gasteiger partial charge in [0, 0.05) is 45.2 Å². The van der Waals surface area contributed by atoms with Crippen molar-refractivity contribution >= 4 is 11.7 Å². The Balaban J connectivity index is 1.98. The van der Waals surface area contributed by atoms with Crippen molar-refractivity contribution in [3.05, 3.63) is 63.1 Å². The van der Waals surface area contributed by atoms with Crippen LogP contribution in [0.25, 0.3) is 0 Å². The van der Waals surface area contributed by atoms with Gasteiger partial charge < -0.3 is 24.1 Å². The van der Waals surface area contributed by atoms with E-state index >= 15 is 0 Å². The van der Waals surface area contributed by atoms with E-state index in [1.807, 2.05) is 0 Å². The van der Waals surface area contributed by atoms with Gasteiger partial charge in [0.2, 0.25) is 5.43 Å². The zero-order valence-corrected chi connectivity index (χ0v) is 18.9. The van der Waals surface area contributed by atoms with Crippen molar-refractivity contribution in [3.63, 3.8) is 0 Å². The fourth-order valence-electron chi connectivity index (χ4n) is 4.02. The number of carbonyl (C=O) groups is 2. The zero-order chi connectivity index (χ0) is 24.3. The first-order chi connectivity index (χ1) is 15.7. The molecule has 0 radical (unpaired) electrons. The number of halogens is 2. The number of nitrogens with zero attached hydrogens (tertiary/aromatic N) is 1. The summed E-state index contributed by atoms with van der Waals surface area (Å²) in [6.45, 7) is 1.99. The maximum Gasteiger partial charge on any atom is 0.257 e. The van der Waals surface area contributed by atoms with E-state index < -0.39 is 34.5 Å². The number of hydrogen-bond acceptors (Lipinski definition) is 6. The first-order valence-electron chi connectivity index (χ1n) is 10.3. The van der Waals surface area contributed by atoms with Gasteiger partial charge in [-0.15, -0.1) is 0 Å². The van der Waals surface area contributed by atoms with Crippen molar-refractivity contribution in [2.45, 2.75) is 32.5 Å². The zero-order valence-electron chi connectivity index (χ0n) is 18.9. The molecule has 1 aliphatic heterocycles. The molecule has 1 aromatic carbocycles. The van der Waals surface area contributed by atoms with Gasteiger partial charge in [-0.2, -0.15) is 0 Å². The number of fused-ring (bicyclic) bond motifs is 1. The van der Waals surface area contributed by atoms with Crippen LogP contribution in [-0.4, -0.2) is 50.3 Å². The number of Topliss-reactive ketones (excluding diaryl/α,β-unsaturated/α-hetero) is 1. The van der Waals surface area contributed by atoms with Crippen molar-refractivity contribution in [2.24, 2.45) is 5.41 Å². The molecule has 1 N–H and O–H groups in total. The van der Waals surface area contributed by atoms with E-state index in [0.29, 0.717) is 19.1 Å². The van der Waals surface area contributed by atoms with E-state index in [0.717, 1.165) is 6.07 Å². The van der Waals surface area contributed by atoms with Crippen LogP contribution in [-0.2, 0) is 22.6 Å². The number of ketones is 1. The summed E-state index contributed by atoms with van der Waals surface area (Å²) in [5.74, 6) is -2.95. The number of hydrogen-bond donors (Lipinski definition) is 1. The Morgan fingerprint density at radius 1 is 1.24 bits per heavy atom. The maximum absolute atomic E-state index is 13.9. The second kappa shape index (κ2) is 9.80. The standard InChI is InChI=1S/C23H26F2N2O6/c1-23(7-8-31-2)17(32-3)12-27-11-15(19(28)20(33-4)18(27)21(23)29)22(30)26-10-13-5-6-14(24)9-16(13)25/h5-6,9,11,17H,7-8,10,12H2,1-4H3,(H,26,30)/t17-,23-/m0/s1. The number of pyridine rings is 1. The van der Waals surface area contributed by atoms with Gasteiger partial charge in [-0.3, -0.25) is 14.4 Å².